The lowest BCUT2D eigenvalue weighted by Gasteiger charge is -2.15. The molecule has 1 aromatic rings. The summed E-state index contributed by atoms with van der Waals surface area (Å²) in [4.78, 5) is 25.1. The van der Waals surface area contributed by atoms with Crippen molar-refractivity contribution in [3.05, 3.63) is 34.3 Å². The van der Waals surface area contributed by atoms with Gasteiger partial charge in [0, 0.05) is 16.6 Å². The Kier molecular flexibility index (Phi) is 5.39. The minimum atomic E-state index is -3.68. The van der Waals surface area contributed by atoms with Crippen LogP contribution in [-0.2, 0) is 28.9 Å². The van der Waals surface area contributed by atoms with Gasteiger partial charge >= 0.3 is 11.9 Å². The fourth-order valence-electron chi connectivity index (χ4n) is 3.12. The monoisotopic (exact) mass is 418 g/mol. The number of carbonyl (C=O) groups is 2. The van der Waals surface area contributed by atoms with Crippen LogP contribution in [-0.4, -0.2) is 45.1 Å². The average molecular weight is 419 g/mol. The van der Waals surface area contributed by atoms with Crippen LogP contribution in [0.25, 0.3) is 0 Å². The van der Waals surface area contributed by atoms with Gasteiger partial charge in [0.05, 0.1) is 18.5 Å². The number of ether oxygens (including phenoxy) is 2. The van der Waals surface area contributed by atoms with Crippen molar-refractivity contribution in [3.63, 3.8) is 0 Å². The van der Waals surface area contributed by atoms with E-state index in [1.165, 1.54) is 0 Å². The summed E-state index contributed by atoms with van der Waals surface area (Å²) in [7, 11) is -3.68. The molecule has 8 heteroatoms. The molecule has 0 unspecified atom stereocenters. The third kappa shape index (κ3) is 3.09. The largest absolute Gasteiger partial charge is 0.465 e. The summed E-state index contributed by atoms with van der Waals surface area (Å²) >= 11 is 3.30. The molecule has 0 bridgehead atoms. The zero-order valence-corrected chi connectivity index (χ0v) is 16.0. The lowest BCUT2D eigenvalue weighted by Crippen LogP contribution is -2.35. The van der Waals surface area contributed by atoms with E-state index in [9.17, 15) is 18.0 Å². The van der Waals surface area contributed by atoms with Crippen LogP contribution in [0, 0.1) is 5.41 Å². The van der Waals surface area contributed by atoms with Crippen LogP contribution in [0.3, 0.4) is 0 Å². The van der Waals surface area contributed by atoms with Gasteiger partial charge in [0.15, 0.2) is 15.3 Å². The summed E-state index contributed by atoms with van der Waals surface area (Å²) in [6, 6.07) is 6.84. The molecule has 0 radical (unpaired) electrons. The van der Waals surface area contributed by atoms with E-state index in [1.807, 2.05) is 0 Å². The number of esters is 2. The van der Waals surface area contributed by atoms with Crippen molar-refractivity contribution in [2.45, 2.75) is 25.0 Å². The minimum Gasteiger partial charge on any atom is -0.465 e. The maximum Gasteiger partial charge on any atom is 0.325 e. The molecule has 0 saturated heterocycles. The van der Waals surface area contributed by atoms with E-state index in [-0.39, 0.29) is 13.2 Å². The third-order valence-corrected chi connectivity index (χ3v) is 6.14. The molecule has 0 aromatic heterocycles. The van der Waals surface area contributed by atoms with E-state index in [1.54, 1.807) is 38.1 Å². The first-order valence-electron chi connectivity index (χ1n) is 7.50. The van der Waals surface area contributed by atoms with E-state index in [0.29, 0.717) is 5.56 Å². The molecule has 0 aliphatic heterocycles. The molecule has 1 aromatic carbocycles. The summed E-state index contributed by atoms with van der Waals surface area (Å²) in [5.41, 5.74) is -1.26. The molecule has 1 aliphatic carbocycles. The maximum absolute atomic E-state index is 12.6. The molecule has 1 fully saturated rings. The second-order valence-corrected chi connectivity index (χ2v) is 8.67. The Morgan fingerprint density at radius 2 is 1.54 bits per heavy atom. The van der Waals surface area contributed by atoms with Crippen molar-refractivity contribution in [2.75, 3.05) is 19.5 Å². The fraction of sp³-hybridized carbons (Fsp3) is 0.500. The van der Waals surface area contributed by atoms with Gasteiger partial charge in [0.1, 0.15) is 0 Å². The summed E-state index contributed by atoms with van der Waals surface area (Å²) in [5.74, 6) is -2.53. The zero-order chi connectivity index (χ0) is 18.1. The number of rotatable bonds is 6. The number of halogens is 1. The standard InChI is InChI=1S/C16H19BrO6S/c1-4-22-14(18)16(15(19)23-5-2)12(13(16)24(3,20)21)10-6-8-11(17)9-7-10/h6-9,12-13H,4-5H2,1-3H3/t12-,13-/m1/s1. The van der Waals surface area contributed by atoms with Crippen molar-refractivity contribution >= 4 is 37.7 Å². The molecule has 6 nitrogen and oxygen atoms in total. The highest BCUT2D eigenvalue weighted by atomic mass is 79.9. The van der Waals surface area contributed by atoms with Gasteiger partial charge in [-0.15, -0.1) is 0 Å². The molecule has 24 heavy (non-hydrogen) atoms. The van der Waals surface area contributed by atoms with Crippen LogP contribution in [0.5, 0.6) is 0 Å². The highest BCUT2D eigenvalue weighted by Crippen LogP contribution is 2.64. The Morgan fingerprint density at radius 3 is 1.92 bits per heavy atom. The highest BCUT2D eigenvalue weighted by molar-refractivity contribution is 9.10. The summed E-state index contributed by atoms with van der Waals surface area (Å²) in [6.07, 6.45) is 1.02. The normalized spacial score (nSPS) is 21.8. The van der Waals surface area contributed by atoms with Gasteiger partial charge in [-0.3, -0.25) is 9.59 Å². The molecule has 132 valence electrons. The number of benzene rings is 1. The molecule has 1 saturated carbocycles. The van der Waals surface area contributed by atoms with Gasteiger partial charge in [-0.1, -0.05) is 28.1 Å². The van der Waals surface area contributed by atoms with E-state index in [4.69, 9.17) is 9.47 Å². The highest BCUT2D eigenvalue weighted by Gasteiger charge is 2.80. The second kappa shape index (κ2) is 6.84. The van der Waals surface area contributed by atoms with Gasteiger partial charge in [0.25, 0.3) is 0 Å². The van der Waals surface area contributed by atoms with Gasteiger partial charge in [-0.2, -0.15) is 0 Å². The van der Waals surface area contributed by atoms with Crippen LogP contribution in [0.2, 0.25) is 0 Å². The average Bonchev–Trinajstić information content (AvgIpc) is 3.20. The predicted octanol–water partition coefficient (Wildman–Crippen LogP) is 2.07. The van der Waals surface area contributed by atoms with Crippen LogP contribution in [0.1, 0.15) is 25.3 Å². The van der Waals surface area contributed by atoms with Crippen LogP contribution in [0.15, 0.2) is 28.7 Å². The summed E-state index contributed by atoms with van der Waals surface area (Å²) in [6.45, 7) is 3.29. The predicted molar refractivity (Wildman–Crippen MR) is 91.2 cm³/mol. The van der Waals surface area contributed by atoms with Crippen molar-refractivity contribution in [3.8, 4) is 0 Å². The molecule has 0 heterocycles. The lowest BCUT2D eigenvalue weighted by molar-refractivity contribution is -0.164. The molecule has 2 rings (SSSR count). The topological polar surface area (TPSA) is 86.7 Å². The molecule has 0 N–H and O–H groups in total. The first-order chi connectivity index (χ1) is 11.2. The Labute approximate surface area is 149 Å². The Balaban J connectivity index is 2.58. The van der Waals surface area contributed by atoms with Crippen molar-refractivity contribution < 1.29 is 27.5 Å². The first kappa shape index (κ1) is 18.9. The summed E-state index contributed by atoms with van der Waals surface area (Å²) < 4.78 is 35.4. The van der Waals surface area contributed by atoms with Gasteiger partial charge in [-0.25, -0.2) is 8.42 Å². The van der Waals surface area contributed by atoms with Crippen LogP contribution >= 0.6 is 15.9 Å². The summed E-state index contributed by atoms with van der Waals surface area (Å²) in [5, 5.41) is -1.19. The molecule has 2 atom stereocenters. The lowest BCUT2D eigenvalue weighted by atomic mass is 9.99. The third-order valence-electron chi connectivity index (χ3n) is 4.05. The van der Waals surface area contributed by atoms with Crippen molar-refractivity contribution in [1.82, 2.24) is 0 Å². The number of carbonyl (C=O) groups excluding carboxylic acids is 2. The van der Waals surface area contributed by atoms with Crippen molar-refractivity contribution in [2.24, 2.45) is 5.41 Å². The van der Waals surface area contributed by atoms with Gasteiger partial charge in [0.2, 0.25) is 0 Å². The Bertz CT molecular complexity index is 722. The second-order valence-electron chi connectivity index (χ2n) is 5.59. The number of sulfone groups is 1. The van der Waals surface area contributed by atoms with Crippen LogP contribution in [0.4, 0.5) is 0 Å². The minimum absolute atomic E-state index is 0.0452. The molecular weight excluding hydrogens is 400 g/mol. The van der Waals surface area contributed by atoms with E-state index >= 15 is 0 Å². The Hall–Kier alpha value is -1.41. The molecular formula is C16H19BrO6S. The molecule has 0 amide bonds. The van der Waals surface area contributed by atoms with Gasteiger partial charge < -0.3 is 9.47 Å². The fourth-order valence-corrected chi connectivity index (χ4v) is 5.19. The van der Waals surface area contributed by atoms with Gasteiger partial charge in [-0.05, 0) is 31.5 Å². The van der Waals surface area contributed by atoms with Crippen LogP contribution < -0.4 is 0 Å². The van der Waals surface area contributed by atoms with E-state index < -0.39 is 38.4 Å². The van der Waals surface area contributed by atoms with E-state index in [0.717, 1.165) is 10.7 Å². The zero-order valence-electron chi connectivity index (χ0n) is 13.6. The molecule has 0 spiro atoms. The van der Waals surface area contributed by atoms with E-state index in [2.05, 4.69) is 15.9 Å². The number of hydrogen-bond acceptors (Lipinski definition) is 6. The van der Waals surface area contributed by atoms with Crippen molar-refractivity contribution in [1.29, 1.82) is 0 Å². The first-order valence-corrected chi connectivity index (χ1v) is 10.2. The quantitative estimate of drug-likeness (QED) is 0.519. The maximum atomic E-state index is 12.6. The number of hydrogen-bond donors (Lipinski definition) is 0. The molecule has 1 aliphatic rings. The smallest absolute Gasteiger partial charge is 0.325 e. The Morgan fingerprint density at radius 1 is 1.08 bits per heavy atom. The SMILES string of the molecule is CCOC(=O)C1(C(=O)OCC)[C@H](c2ccc(Br)cc2)[C@H]1S(C)(=O)=O.